The van der Waals surface area contributed by atoms with Gasteiger partial charge in [0.2, 0.25) is 0 Å². The number of hydrogen-bond donors (Lipinski definition) is 1. The van der Waals surface area contributed by atoms with Crippen LogP contribution in [0.5, 0.6) is 0 Å². The number of nitrogen functional groups attached to an aromatic ring is 1. The van der Waals surface area contributed by atoms with Crippen LogP contribution in [-0.2, 0) is 0 Å². The number of nitrogens with two attached hydrogens (primary N) is 1. The molecule has 0 saturated heterocycles. The summed E-state index contributed by atoms with van der Waals surface area (Å²) in [5, 5.41) is 0.796. The van der Waals surface area contributed by atoms with Gasteiger partial charge in [0.1, 0.15) is 5.69 Å². The summed E-state index contributed by atoms with van der Waals surface area (Å²) in [6.45, 7) is 0. The van der Waals surface area contributed by atoms with Gasteiger partial charge in [0, 0.05) is 23.5 Å². The van der Waals surface area contributed by atoms with E-state index >= 15 is 0 Å². The van der Waals surface area contributed by atoms with Crippen LogP contribution in [0.3, 0.4) is 0 Å². The smallest absolute Gasteiger partial charge is 0.151 e. The van der Waals surface area contributed by atoms with Crippen molar-refractivity contribution in [1.29, 1.82) is 0 Å². The minimum Gasteiger partial charge on any atom is -0.398 e. The van der Waals surface area contributed by atoms with Gasteiger partial charge < -0.3 is 5.73 Å². The van der Waals surface area contributed by atoms with Crippen LogP contribution in [-0.4, -0.2) is 15.0 Å². The van der Waals surface area contributed by atoms with Crippen molar-refractivity contribution in [3.8, 4) is 11.4 Å². The van der Waals surface area contributed by atoms with Gasteiger partial charge in [-0.25, -0.2) is 9.37 Å². The number of nitrogens with zero attached hydrogens (tertiary/aromatic N) is 3. The molecule has 0 aliphatic rings. The molecule has 3 rings (SSSR count). The molecule has 0 spiro atoms. The molecule has 0 atom stereocenters. The minimum absolute atomic E-state index is 0.190. The molecule has 0 unspecified atom stereocenters. The zero-order valence-electron chi connectivity index (χ0n) is 9.34. The zero-order chi connectivity index (χ0) is 12.5. The zero-order valence-corrected chi connectivity index (χ0v) is 9.34. The monoisotopic (exact) mass is 240 g/mol. The largest absolute Gasteiger partial charge is 0.398 e. The van der Waals surface area contributed by atoms with Crippen LogP contribution in [0.25, 0.3) is 22.3 Å². The molecular formula is C13H9FN4. The predicted molar refractivity (Wildman–Crippen MR) is 67.1 cm³/mol. The molecule has 0 radical (unpaired) electrons. The summed E-state index contributed by atoms with van der Waals surface area (Å²) in [7, 11) is 0. The Labute approximate surface area is 102 Å². The fourth-order valence-corrected chi connectivity index (χ4v) is 1.80. The number of rotatable bonds is 1. The molecule has 3 aromatic heterocycles. The van der Waals surface area contributed by atoms with E-state index in [0.717, 1.165) is 5.39 Å². The first-order chi connectivity index (χ1) is 8.75. The second-order valence-electron chi connectivity index (χ2n) is 3.82. The van der Waals surface area contributed by atoms with E-state index in [1.165, 1.54) is 18.3 Å². The van der Waals surface area contributed by atoms with E-state index in [9.17, 15) is 4.39 Å². The lowest BCUT2D eigenvalue weighted by Gasteiger charge is -2.05. The number of halogens is 1. The molecular weight excluding hydrogens is 231 g/mol. The third kappa shape index (κ3) is 1.66. The first-order valence-corrected chi connectivity index (χ1v) is 5.37. The molecule has 2 N–H and O–H groups in total. The normalized spacial score (nSPS) is 10.7. The van der Waals surface area contributed by atoms with Gasteiger partial charge in [-0.2, -0.15) is 0 Å². The molecule has 4 nitrogen and oxygen atoms in total. The third-order valence-corrected chi connectivity index (χ3v) is 2.65. The molecule has 5 heteroatoms. The molecule has 18 heavy (non-hydrogen) atoms. The van der Waals surface area contributed by atoms with E-state index in [1.54, 1.807) is 24.5 Å². The number of hydrogen-bond acceptors (Lipinski definition) is 4. The van der Waals surface area contributed by atoms with Crippen molar-refractivity contribution in [3.05, 3.63) is 48.7 Å². The Morgan fingerprint density at radius 3 is 2.89 bits per heavy atom. The van der Waals surface area contributed by atoms with Crippen LogP contribution in [0.2, 0.25) is 0 Å². The third-order valence-electron chi connectivity index (χ3n) is 2.65. The summed E-state index contributed by atoms with van der Waals surface area (Å²) in [4.78, 5) is 12.3. The second-order valence-corrected chi connectivity index (χ2v) is 3.82. The van der Waals surface area contributed by atoms with Crippen molar-refractivity contribution in [2.45, 2.75) is 0 Å². The van der Waals surface area contributed by atoms with Gasteiger partial charge in [-0.15, -0.1) is 0 Å². The van der Waals surface area contributed by atoms with Gasteiger partial charge in [0.05, 0.1) is 17.4 Å². The molecule has 3 heterocycles. The molecule has 0 saturated carbocycles. The Balaban J connectivity index is 2.28. The highest BCUT2D eigenvalue weighted by Gasteiger charge is 2.10. The maximum absolute atomic E-state index is 13.6. The highest BCUT2D eigenvalue weighted by atomic mass is 19.1. The molecule has 0 fully saturated rings. The summed E-state index contributed by atoms with van der Waals surface area (Å²) in [5.74, 6) is -0.423. The summed E-state index contributed by atoms with van der Waals surface area (Å²) in [6, 6.07) is 6.27. The van der Waals surface area contributed by atoms with E-state index in [2.05, 4.69) is 15.0 Å². The Bertz CT molecular complexity index is 727. The topological polar surface area (TPSA) is 64.7 Å². The van der Waals surface area contributed by atoms with Crippen molar-refractivity contribution in [3.63, 3.8) is 0 Å². The van der Waals surface area contributed by atoms with Gasteiger partial charge in [0.25, 0.3) is 0 Å². The van der Waals surface area contributed by atoms with Gasteiger partial charge >= 0.3 is 0 Å². The van der Waals surface area contributed by atoms with Gasteiger partial charge in [-0.3, -0.25) is 9.97 Å². The Kier molecular flexibility index (Phi) is 2.37. The molecule has 0 aliphatic carbocycles. The second kappa shape index (κ2) is 4.03. The lowest BCUT2D eigenvalue weighted by atomic mass is 10.1. The van der Waals surface area contributed by atoms with Crippen LogP contribution < -0.4 is 5.73 Å². The number of anilines is 1. The van der Waals surface area contributed by atoms with Crippen molar-refractivity contribution in [2.75, 3.05) is 5.73 Å². The van der Waals surface area contributed by atoms with Crippen LogP contribution in [0.1, 0.15) is 0 Å². The average Bonchev–Trinajstić information content (AvgIpc) is 2.39. The number of fused-ring (bicyclic) bond motifs is 1. The first kappa shape index (κ1) is 10.6. The van der Waals surface area contributed by atoms with E-state index < -0.39 is 5.82 Å². The maximum Gasteiger partial charge on any atom is 0.151 e. The standard InChI is InChI=1S/C13H9FN4/c14-9-2-1-4-17-13(9)11-6-10(15)8-3-5-16-7-12(8)18-11/h1-7H,(H2,15,18). The summed E-state index contributed by atoms with van der Waals surface area (Å²) >= 11 is 0. The van der Waals surface area contributed by atoms with Gasteiger partial charge in [-0.05, 0) is 24.3 Å². The van der Waals surface area contributed by atoms with Gasteiger partial charge in [0.15, 0.2) is 5.82 Å². The van der Waals surface area contributed by atoms with Crippen LogP contribution in [0.15, 0.2) is 42.9 Å². The predicted octanol–water partition coefficient (Wildman–Crippen LogP) is 2.41. The quantitative estimate of drug-likeness (QED) is 0.709. The molecule has 3 aromatic rings. The average molecular weight is 240 g/mol. The van der Waals surface area contributed by atoms with Crippen molar-refractivity contribution in [2.24, 2.45) is 0 Å². The van der Waals surface area contributed by atoms with Gasteiger partial charge in [-0.1, -0.05) is 0 Å². The van der Waals surface area contributed by atoms with Crippen molar-refractivity contribution < 1.29 is 4.39 Å². The highest BCUT2D eigenvalue weighted by molar-refractivity contribution is 5.91. The van der Waals surface area contributed by atoms with Crippen LogP contribution >= 0.6 is 0 Å². The lowest BCUT2D eigenvalue weighted by Crippen LogP contribution is -1.96. The first-order valence-electron chi connectivity index (χ1n) is 5.37. The highest BCUT2D eigenvalue weighted by Crippen LogP contribution is 2.25. The summed E-state index contributed by atoms with van der Waals surface area (Å²) < 4.78 is 13.6. The molecule has 0 aliphatic heterocycles. The van der Waals surface area contributed by atoms with Crippen LogP contribution in [0, 0.1) is 5.82 Å². The summed E-state index contributed by atoms with van der Waals surface area (Å²) in [6.07, 6.45) is 4.75. The Morgan fingerprint density at radius 2 is 2.06 bits per heavy atom. The minimum atomic E-state index is -0.423. The number of pyridine rings is 3. The fraction of sp³-hybridized carbons (Fsp3) is 0. The molecule has 0 aromatic carbocycles. The number of aromatic nitrogens is 3. The summed E-state index contributed by atoms with van der Waals surface area (Å²) in [5.41, 5.74) is 7.68. The van der Waals surface area contributed by atoms with E-state index in [1.807, 2.05) is 0 Å². The SMILES string of the molecule is Nc1cc(-c2ncccc2F)nc2cnccc12. The molecule has 88 valence electrons. The van der Waals surface area contributed by atoms with Crippen molar-refractivity contribution >= 4 is 16.6 Å². The Hall–Kier alpha value is -2.56. The maximum atomic E-state index is 13.6. The Morgan fingerprint density at radius 1 is 1.17 bits per heavy atom. The van der Waals surface area contributed by atoms with E-state index in [-0.39, 0.29) is 5.69 Å². The fourth-order valence-electron chi connectivity index (χ4n) is 1.80. The molecule has 0 amide bonds. The molecule has 0 bridgehead atoms. The van der Waals surface area contributed by atoms with Crippen molar-refractivity contribution in [1.82, 2.24) is 15.0 Å². The van der Waals surface area contributed by atoms with Crippen LogP contribution in [0.4, 0.5) is 10.1 Å². The lowest BCUT2D eigenvalue weighted by molar-refractivity contribution is 0.625. The van der Waals surface area contributed by atoms with E-state index in [0.29, 0.717) is 16.9 Å². The van der Waals surface area contributed by atoms with E-state index in [4.69, 9.17) is 5.73 Å².